The van der Waals surface area contributed by atoms with Gasteiger partial charge in [0.25, 0.3) is 30.4 Å². The number of carboxylic acids is 1. The van der Waals surface area contributed by atoms with Crippen molar-refractivity contribution in [3.05, 3.63) is 90.8 Å². The summed E-state index contributed by atoms with van der Waals surface area (Å²) < 4.78 is 105. The lowest BCUT2D eigenvalue weighted by Gasteiger charge is -2.12. The minimum atomic E-state index is -4.97. The van der Waals surface area contributed by atoms with Crippen LogP contribution in [0.2, 0.25) is 0 Å². The molecule has 0 aliphatic rings. The van der Waals surface area contributed by atoms with Crippen molar-refractivity contribution >= 4 is 86.8 Å². The Morgan fingerprint density at radius 1 is 0.722 bits per heavy atom. The zero-order valence-corrected chi connectivity index (χ0v) is 29.4. The zero-order valence-electron chi connectivity index (χ0n) is 27.0. The second-order valence-electron chi connectivity index (χ2n) is 11.1. The van der Waals surface area contributed by atoms with Crippen LogP contribution in [0.3, 0.4) is 0 Å². The molecule has 0 saturated carbocycles. The molecule has 6 aromatic rings. The van der Waals surface area contributed by atoms with E-state index in [4.69, 9.17) is 0 Å². The van der Waals surface area contributed by atoms with Gasteiger partial charge in [0.15, 0.2) is 0 Å². The summed E-state index contributed by atoms with van der Waals surface area (Å²) in [6.45, 7) is -0.292. The molecule has 0 aliphatic heterocycles. The summed E-state index contributed by atoms with van der Waals surface area (Å²) in [4.78, 5) is 22.4. The lowest BCUT2D eigenvalue weighted by atomic mass is 10.1. The van der Waals surface area contributed by atoms with Gasteiger partial charge < -0.3 is 20.8 Å². The van der Waals surface area contributed by atoms with Gasteiger partial charge in [0, 0.05) is 28.1 Å². The molecule has 0 radical (unpaired) electrons. The molecule has 54 heavy (non-hydrogen) atoms. The van der Waals surface area contributed by atoms with Gasteiger partial charge >= 0.3 is 23.8 Å². The Balaban J connectivity index is 1.50. The quantitative estimate of drug-likeness (QED) is 0.0529. The summed E-state index contributed by atoms with van der Waals surface area (Å²) in [5, 5.41) is 31.9. The van der Waals surface area contributed by atoms with E-state index in [2.05, 4.69) is 35.8 Å². The highest BCUT2D eigenvalue weighted by molar-refractivity contribution is 7.86. The fourth-order valence-corrected chi connectivity index (χ4v) is 7.46. The first-order valence-corrected chi connectivity index (χ1v) is 19.4. The summed E-state index contributed by atoms with van der Waals surface area (Å²) in [6, 6.07) is 14.7. The fraction of sp³-hybridized carbons (Fsp3) is 0.0645. The highest BCUT2D eigenvalue weighted by atomic mass is 32.2. The second-order valence-corrected chi connectivity index (χ2v) is 15.3. The van der Waals surface area contributed by atoms with Gasteiger partial charge in [-0.15, -0.1) is 10.1 Å². The van der Waals surface area contributed by atoms with E-state index in [1.54, 1.807) is 0 Å². The number of aromatic carboxylic acids is 1. The van der Waals surface area contributed by atoms with Crippen LogP contribution in [0.1, 0.15) is 10.4 Å². The number of azo groups is 1. The number of anilines is 3. The van der Waals surface area contributed by atoms with Gasteiger partial charge in [-0.3, -0.25) is 13.7 Å². The van der Waals surface area contributed by atoms with Gasteiger partial charge in [-0.1, -0.05) is 24.3 Å². The van der Waals surface area contributed by atoms with Crippen molar-refractivity contribution in [1.29, 1.82) is 0 Å². The van der Waals surface area contributed by atoms with Crippen LogP contribution in [0.25, 0.3) is 27.5 Å². The van der Waals surface area contributed by atoms with Crippen LogP contribution < -0.4 is 15.2 Å². The number of aromatic nitrogens is 4. The van der Waals surface area contributed by atoms with E-state index in [0.717, 1.165) is 30.3 Å². The van der Waals surface area contributed by atoms with Crippen molar-refractivity contribution in [2.45, 2.75) is 14.7 Å². The molecule has 0 aliphatic carbocycles. The van der Waals surface area contributed by atoms with Gasteiger partial charge in [-0.05, 0) is 58.5 Å². The molecule has 2 aromatic heterocycles. The van der Waals surface area contributed by atoms with Gasteiger partial charge in [0.1, 0.15) is 14.7 Å². The number of hydrogen-bond acceptors (Lipinski definition) is 15. The molecule has 2 heterocycles. The maximum absolute atomic E-state index is 12.6. The van der Waals surface area contributed by atoms with Crippen LogP contribution in [0.5, 0.6) is 0 Å². The number of nitrogens with zero attached hydrogens (tertiary/aromatic N) is 6. The topological polar surface area (TPSA) is 312 Å². The molecule has 20 nitrogen and oxygen atoms in total. The predicted molar refractivity (Wildman–Crippen MR) is 189 cm³/mol. The lowest BCUT2D eigenvalue weighted by molar-refractivity contribution is -0.603. The molecule has 278 valence electrons. The monoisotopic (exact) mass is 797 g/mol. The normalized spacial score (nSPS) is 12.4. The molecule has 0 atom stereocenters. The maximum Gasteiger partial charge on any atom is 0.444 e. The molecule has 6 rings (SSSR count). The van der Waals surface area contributed by atoms with E-state index in [9.17, 15) is 53.9 Å². The average Bonchev–Trinajstić information content (AvgIpc) is 3.11. The minimum Gasteiger partial charge on any atom is -0.478 e. The fourth-order valence-electron chi connectivity index (χ4n) is 5.31. The lowest BCUT2D eigenvalue weighted by Crippen LogP contribution is -2.34. The van der Waals surface area contributed by atoms with E-state index >= 15 is 0 Å². The number of carboxylic acid groups (broad SMARTS) is 1. The van der Waals surface area contributed by atoms with E-state index in [0.29, 0.717) is 0 Å². The number of aliphatic hydroxyl groups is 1. The molecule has 0 spiro atoms. The van der Waals surface area contributed by atoms with Crippen LogP contribution in [0, 0.1) is 0 Å². The smallest absolute Gasteiger partial charge is 0.444 e. The van der Waals surface area contributed by atoms with Crippen LogP contribution in [0.15, 0.2) is 110 Å². The third kappa shape index (κ3) is 7.96. The number of carbonyl (C=O) groups is 1. The van der Waals surface area contributed by atoms with Crippen molar-refractivity contribution in [3.63, 3.8) is 0 Å². The molecule has 0 fully saturated rings. The third-order valence-corrected chi connectivity index (χ3v) is 10.2. The third-order valence-electron chi connectivity index (χ3n) is 7.53. The molecule has 0 bridgehead atoms. The number of aliphatic hydroxyl groups excluding tert-OH is 1. The molecule has 0 amide bonds. The highest BCUT2D eigenvalue weighted by Gasteiger charge is 2.24. The Morgan fingerprint density at radius 2 is 1.39 bits per heavy atom. The van der Waals surface area contributed by atoms with E-state index in [1.807, 2.05) is 0 Å². The first kappa shape index (κ1) is 37.7. The van der Waals surface area contributed by atoms with Crippen molar-refractivity contribution in [2.75, 3.05) is 23.8 Å². The molecule has 0 unspecified atom stereocenters. The summed E-state index contributed by atoms with van der Waals surface area (Å²) in [5.41, 5.74) is -0.427. The summed E-state index contributed by atoms with van der Waals surface area (Å²) in [7, 11) is -14.8. The maximum atomic E-state index is 12.6. The second kappa shape index (κ2) is 14.4. The van der Waals surface area contributed by atoms with Crippen molar-refractivity contribution in [2.24, 2.45) is 10.2 Å². The SMILES string of the molecule is O=C(O)c1ccc[n+](-c2nc(NCCO)nc(Nc3ccc(N=Nc4cc(S(=O)(=O)O)c5cccc(S(=O)(=O)O)c5c4)c4cccc(S(=O)(=O)O)c34)n2)c1. The van der Waals surface area contributed by atoms with E-state index < -0.39 is 51.0 Å². The van der Waals surface area contributed by atoms with Crippen molar-refractivity contribution in [3.8, 4) is 5.95 Å². The van der Waals surface area contributed by atoms with Gasteiger partial charge in [-0.25, -0.2) is 9.36 Å². The van der Waals surface area contributed by atoms with Crippen LogP contribution in [-0.4, -0.2) is 83.2 Å². The Hall–Kier alpha value is -6.08. The van der Waals surface area contributed by atoms with Crippen LogP contribution in [-0.2, 0) is 30.4 Å². The first-order chi connectivity index (χ1) is 25.4. The predicted octanol–water partition coefficient (Wildman–Crippen LogP) is 3.46. The molecular formula is C31H25N8O12S3+. The Kier molecular flexibility index (Phi) is 10.0. The number of rotatable bonds is 12. The summed E-state index contributed by atoms with van der Waals surface area (Å²) in [6.07, 6.45) is 2.70. The number of pyridine rings is 1. The number of nitrogens with one attached hydrogen (secondary N) is 2. The van der Waals surface area contributed by atoms with Crippen LogP contribution in [0.4, 0.5) is 29.0 Å². The van der Waals surface area contributed by atoms with Gasteiger partial charge in [-0.2, -0.15) is 30.4 Å². The van der Waals surface area contributed by atoms with E-state index in [1.165, 1.54) is 59.4 Å². The van der Waals surface area contributed by atoms with Gasteiger partial charge in [0.05, 0.1) is 41.6 Å². The first-order valence-electron chi connectivity index (χ1n) is 15.0. The molecule has 23 heteroatoms. The summed E-state index contributed by atoms with van der Waals surface area (Å²) in [5.74, 6) is -1.57. The number of fused-ring (bicyclic) bond motifs is 2. The molecule has 4 aromatic carbocycles. The zero-order chi connectivity index (χ0) is 39.0. The molecule has 0 saturated heterocycles. The Labute approximate surface area is 304 Å². The van der Waals surface area contributed by atoms with Crippen molar-refractivity contribution < 1.29 is 58.5 Å². The van der Waals surface area contributed by atoms with Crippen molar-refractivity contribution in [1.82, 2.24) is 15.0 Å². The van der Waals surface area contributed by atoms with Crippen LogP contribution >= 0.6 is 0 Å². The number of benzene rings is 4. The van der Waals surface area contributed by atoms with Gasteiger partial charge in [0.2, 0.25) is 0 Å². The highest BCUT2D eigenvalue weighted by Crippen LogP contribution is 2.39. The molecule has 7 N–H and O–H groups in total. The standard InChI is InChI=1S/C31H24N8O12S3/c40-13-11-32-29-34-30(36-31(35-29)39-12-3-4-17(16-39)28(41)42)33-23-10-9-22(20-6-2-8-25(27(20)23)53(46,47)48)38-37-18-14-21-19(26(15-18)54(49,50)51)5-1-7-24(21)52(43,44)45/h1-10,12,14-16,40H,11,13H2,(H5-,32,33,34,35,36,37,41,42,43,44,45,46,47,48,49,50,51)/p+1. The summed E-state index contributed by atoms with van der Waals surface area (Å²) >= 11 is 0. The molecular weight excluding hydrogens is 773 g/mol. The average molecular weight is 798 g/mol. The Morgan fingerprint density at radius 3 is 2.06 bits per heavy atom. The Bertz CT molecular complexity index is 2870. The number of hydrogen-bond donors (Lipinski definition) is 7. The van der Waals surface area contributed by atoms with E-state index in [-0.39, 0.29) is 75.2 Å². The minimum absolute atomic E-state index is 0.00359. The largest absolute Gasteiger partial charge is 0.478 e.